The van der Waals surface area contributed by atoms with E-state index in [0.717, 1.165) is 12.5 Å². The number of phenolic OH excluding ortho intramolecular Hbond substituents is 1. The predicted octanol–water partition coefficient (Wildman–Crippen LogP) is 3.01. The summed E-state index contributed by atoms with van der Waals surface area (Å²) < 4.78 is 0. The monoisotopic (exact) mass is 219 g/mol. The molecule has 2 heteroatoms. The van der Waals surface area contributed by atoms with E-state index in [1.54, 1.807) is 6.07 Å². The van der Waals surface area contributed by atoms with Crippen LogP contribution in [0.5, 0.6) is 5.75 Å². The van der Waals surface area contributed by atoms with Crippen molar-refractivity contribution in [2.24, 2.45) is 5.92 Å². The first-order chi connectivity index (χ1) is 7.78. The maximum atomic E-state index is 9.40. The van der Waals surface area contributed by atoms with Crippen LogP contribution >= 0.6 is 0 Å². The number of hydrogen-bond acceptors (Lipinski definition) is 2. The summed E-state index contributed by atoms with van der Waals surface area (Å²) in [7, 11) is 0. The van der Waals surface area contributed by atoms with Crippen LogP contribution in [0.1, 0.15) is 31.7 Å². The molecule has 1 heterocycles. The highest BCUT2D eigenvalue weighted by atomic mass is 16.3. The molecule has 1 aromatic rings. The molecule has 0 aliphatic carbocycles. The highest BCUT2D eigenvalue weighted by Crippen LogP contribution is 2.22. The summed E-state index contributed by atoms with van der Waals surface area (Å²) in [6.07, 6.45) is 3.98. The highest BCUT2D eigenvalue weighted by Gasteiger charge is 2.17. The first-order valence-corrected chi connectivity index (χ1v) is 6.28. The molecule has 0 aromatic heterocycles. The van der Waals surface area contributed by atoms with Gasteiger partial charge >= 0.3 is 0 Å². The summed E-state index contributed by atoms with van der Waals surface area (Å²) in [5.74, 6) is 1.31. The molecule has 2 rings (SSSR count). The van der Waals surface area contributed by atoms with Crippen molar-refractivity contribution in [3.63, 3.8) is 0 Å². The summed E-state index contributed by atoms with van der Waals surface area (Å²) in [5.41, 5.74) is 1.22. The van der Waals surface area contributed by atoms with E-state index in [2.05, 4.69) is 17.9 Å². The Morgan fingerprint density at radius 3 is 2.69 bits per heavy atom. The number of rotatable bonds is 3. The largest absolute Gasteiger partial charge is 0.508 e. The lowest BCUT2D eigenvalue weighted by Crippen LogP contribution is -2.32. The Balaban J connectivity index is 1.87. The van der Waals surface area contributed by atoms with Crippen molar-refractivity contribution in [3.8, 4) is 5.75 Å². The number of nitrogens with zero attached hydrogens (tertiary/aromatic N) is 1. The van der Waals surface area contributed by atoms with Gasteiger partial charge in [-0.2, -0.15) is 0 Å². The van der Waals surface area contributed by atoms with Gasteiger partial charge in [0.1, 0.15) is 5.75 Å². The number of phenols is 1. The van der Waals surface area contributed by atoms with Gasteiger partial charge in [0.15, 0.2) is 0 Å². The van der Waals surface area contributed by atoms with Crippen LogP contribution < -0.4 is 0 Å². The summed E-state index contributed by atoms with van der Waals surface area (Å²) >= 11 is 0. The van der Waals surface area contributed by atoms with Crippen molar-refractivity contribution in [2.45, 2.75) is 32.7 Å². The van der Waals surface area contributed by atoms with Crippen LogP contribution in [-0.4, -0.2) is 23.1 Å². The van der Waals surface area contributed by atoms with Gasteiger partial charge in [-0.15, -0.1) is 0 Å². The Labute approximate surface area is 97.9 Å². The lowest BCUT2D eigenvalue weighted by Gasteiger charge is -2.31. The summed E-state index contributed by atoms with van der Waals surface area (Å²) in [4.78, 5) is 2.49. The summed E-state index contributed by atoms with van der Waals surface area (Å²) in [6.45, 7) is 5.67. The van der Waals surface area contributed by atoms with Gasteiger partial charge < -0.3 is 5.11 Å². The van der Waals surface area contributed by atoms with Crippen molar-refractivity contribution in [2.75, 3.05) is 13.1 Å². The van der Waals surface area contributed by atoms with Gasteiger partial charge in [0.05, 0.1) is 0 Å². The van der Waals surface area contributed by atoms with E-state index in [0.29, 0.717) is 5.75 Å². The molecule has 2 nitrogen and oxygen atoms in total. The minimum absolute atomic E-state index is 0.376. The van der Waals surface area contributed by atoms with Crippen molar-refractivity contribution >= 4 is 0 Å². The Morgan fingerprint density at radius 2 is 2.06 bits per heavy atom. The second kappa shape index (κ2) is 5.35. The van der Waals surface area contributed by atoms with Gasteiger partial charge in [-0.05, 0) is 49.5 Å². The zero-order valence-corrected chi connectivity index (χ0v) is 10.0. The van der Waals surface area contributed by atoms with Crippen LogP contribution in [-0.2, 0) is 6.54 Å². The van der Waals surface area contributed by atoms with Crippen LogP contribution in [0.15, 0.2) is 24.3 Å². The van der Waals surface area contributed by atoms with E-state index < -0.39 is 0 Å². The fourth-order valence-electron chi connectivity index (χ4n) is 2.47. The number of benzene rings is 1. The second-order valence-corrected chi connectivity index (χ2v) is 4.80. The summed E-state index contributed by atoms with van der Waals surface area (Å²) in [5, 5.41) is 9.40. The first kappa shape index (κ1) is 11.5. The molecule has 0 atom stereocenters. The molecular weight excluding hydrogens is 198 g/mol. The third-order valence-corrected chi connectivity index (χ3v) is 3.60. The third-order valence-electron chi connectivity index (χ3n) is 3.60. The average Bonchev–Trinajstić information content (AvgIpc) is 2.30. The van der Waals surface area contributed by atoms with E-state index in [1.807, 2.05) is 12.1 Å². The molecule has 0 radical (unpaired) electrons. The van der Waals surface area contributed by atoms with Gasteiger partial charge in [-0.25, -0.2) is 0 Å². The van der Waals surface area contributed by atoms with Crippen LogP contribution in [0.3, 0.4) is 0 Å². The molecule has 1 aliphatic rings. The van der Waals surface area contributed by atoms with E-state index >= 15 is 0 Å². The standard InChI is InChI=1S/C14H21NO/c1-2-12-6-8-15(9-7-12)11-13-4-3-5-14(16)10-13/h3-5,10,12,16H,2,6-9,11H2,1H3. The molecule has 1 saturated heterocycles. The second-order valence-electron chi connectivity index (χ2n) is 4.80. The molecule has 0 unspecified atom stereocenters. The molecule has 0 saturated carbocycles. The molecule has 0 amide bonds. The van der Waals surface area contributed by atoms with Crippen molar-refractivity contribution in [1.82, 2.24) is 4.90 Å². The maximum Gasteiger partial charge on any atom is 0.115 e. The number of likely N-dealkylation sites (tertiary alicyclic amines) is 1. The zero-order chi connectivity index (χ0) is 11.4. The molecule has 1 fully saturated rings. The maximum absolute atomic E-state index is 9.40. The quantitative estimate of drug-likeness (QED) is 0.844. The van der Waals surface area contributed by atoms with Crippen molar-refractivity contribution in [1.29, 1.82) is 0 Å². The topological polar surface area (TPSA) is 23.5 Å². The smallest absolute Gasteiger partial charge is 0.115 e. The van der Waals surface area contributed by atoms with Crippen LogP contribution in [0.4, 0.5) is 0 Å². The van der Waals surface area contributed by atoms with E-state index in [4.69, 9.17) is 0 Å². The lowest BCUT2D eigenvalue weighted by atomic mass is 9.94. The fraction of sp³-hybridized carbons (Fsp3) is 0.571. The van der Waals surface area contributed by atoms with Crippen molar-refractivity contribution < 1.29 is 5.11 Å². The zero-order valence-electron chi connectivity index (χ0n) is 10.0. The van der Waals surface area contributed by atoms with Gasteiger partial charge in [0.2, 0.25) is 0 Å². The van der Waals surface area contributed by atoms with E-state index in [9.17, 15) is 5.11 Å². The number of hydrogen-bond donors (Lipinski definition) is 1. The normalized spacial score (nSPS) is 18.8. The average molecular weight is 219 g/mol. The van der Waals surface area contributed by atoms with Gasteiger partial charge in [-0.1, -0.05) is 25.5 Å². The highest BCUT2D eigenvalue weighted by molar-refractivity contribution is 5.26. The lowest BCUT2D eigenvalue weighted by molar-refractivity contribution is 0.175. The molecular formula is C14H21NO. The SMILES string of the molecule is CCC1CCN(Cc2cccc(O)c2)CC1. The molecule has 88 valence electrons. The van der Waals surface area contributed by atoms with Gasteiger partial charge in [0.25, 0.3) is 0 Å². The molecule has 16 heavy (non-hydrogen) atoms. The van der Waals surface area contributed by atoms with Gasteiger partial charge in [-0.3, -0.25) is 4.90 Å². The molecule has 1 N–H and O–H groups in total. The molecule has 1 aromatic carbocycles. The Morgan fingerprint density at radius 1 is 1.31 bits per heavy atom. The number of aromatic hydroxyl groups is 1. The van der Waals surface area contributed by atoms with Crippen LogP contribution in [0, 0.1) is 5.92 Å². The molecule has 1 aliphatic heterocycles. The predicted molar refractivity (Wildman–Crippen MR) is 66.4 cm³/mol. The molecule has 0 bridgehead atoms. The molecule has 0 spiro atoms. The first-order valence-electron chi connectivity index (χ1n) is 6.28. The minimum Gasteiger partial charge on any atom is -0.508 e. The van der Waals surface area contributed by atoms with Crippen LogP contribution in [0.25, 0.3) is 0 Å². The summed E-state index contributed by atoms with van der Waals surface area (Å²) in [6, 6.07) is 7.60. The minimum atomic E-state index is 0.376. The Bertz CT molecular complexity index is 329. The van der Waals surface area contributed by atoms with E-state index in [-0.39, 0.29) is 0 Å². The van der Waals surface area contributed by atoms with Crippen LogP contribution in [0.2, 0.25) is 0 Å². The third kappa shape index (κ3) is 2.99. The van der Waals surface area contributed by atoms with Gasteiger partial charge in [0, 0.05) is 6.54 Å². The Hall–Kier alpha value is -1.02. The van der Waals surface area contributed by atoms with E-state index in [1.165, 1.54) is 37.9 Å². The fourth-order valence-corrected chi connectivity index (χ4v) is 2.47. The number of piperidine rings is 1. The van der Waals surface area contributed by atoms with Crippen molar-refractivity contribution in [3.05, 3.63) is 29.8 Å². The Kier molecular flexibility index (Phi) is 3.83.